The van der Waals surface area contributed by atoms with E-state index in [-0.39, 0.29) is 11.3 Å². The molecule has 70 valence electrons. The number of aromatic carboxylic acids is 1. The van der Waals surface area contributed by atoms with Crippen molar-refractivity contribution in [2.75, 3.05) is 0 Å². The second kappa shape index (κ2) is 2.97. The third kappa shape index (κ3) is 1.42. The highest BCUT2D eigenvalue weighted by Crippen LogP contribution is 2.29. The Morgan fingerprint density at radius 3 is 2.38 bits per heavy atom. The van der Waals surface area contributed by atoms with E-state index in [9.17, 15) is 15.0 Å². The van der Waals surface area contributed by atoms with Gasteiger partial charge in [0.15, 0.2) is 0 Å². The van der Waals surface area contributed by atoms with E-state index >= 15 is 0 Å². The Morgan fingerprint density at radius 1 is 1.38 bits per heavy atom. The van der Waals surface area contributed by atoms with Gasteiger partial charge in [-0.05, 0) is 25.5 Å². The Hall–Kier alpha value is -1.71. The lowest BCUT2D eigenvalue weighted by Crippen LogP contribution is -2.05. The third-order valence-corrected chi connectivity index (χ3v) is 2.04. The first-order valence-corrected chi connectivity index (χ1v) is 3.68. The van der Waals surface area contributed by atoms with E-state index in [1.54, 1.807) is 0 Å². The van der Waals surface area contributed by atoms with Crippen LogP contribution < -0.4 is 5.11 Å². The maximum Gasteiger partial charge on any atom is 0.339 e. The van der Waals surface area contributed by atoms with Gasteiger partial charge < -0.3 is 15.3 Å². The molecule has 0 heterocycles. The predicted molar refractivity (Wildman–Crippen MR) is 44.0 cm³/mol. The van der Waals surface area contributed by atoms with Crippen molar-refractivity contribution in [2.24, 2.45) is 0 Å². The largest absolute Gasteiger partial charge is 0.872 e. The van der Waals surface area contributed by atoms with Crippen LogP contribution in [0, 0.1) is 13.8 Å². The number of carbonyl (C=O) groups is 1. The highest BCUT2D eigenvalue weighted by atomic mass is 16.4. The van der Waals surface area contributed by atoms with Gasteiger partial charge in [0.1, 0.15) is 11.3 Å². The highest BCUT2D eigenvalue weighted by Gasteiger charge is 2.14. The summed E-state index contributed by atoms with van der Waals surface area (Å²) in [7, 11) is 0. The molecule has 0 saturated heterocycles. The molecule has 0 aliphatic heterocycles. The first-order valence-electron chi connectivity index (χ1n) is 3.68. The standard InChI is InChI=1S/C9H10O4/c1-4-5(2)8(9(12)13)7(11)3-6(4)10/h3,10-11H,1-2H3,(H,12,13)/p-1. The van der Waals surface area contributed by atoms with Gasteiger partial charge in [0.25, 0.3) is 0 Å². The van der Waals surface area contributed by atoms with E-state index in [0.717, 1.165) is 6.07 Å². The third-order valence-electron chi connectivity index (χ3n) is 2.04. The maximum absolute atomic E-state index is 11.1. The second-order valence-electron chi connectivity index (χ2n) is 2.82. The van der Waals surface area contributed by atoms with Crippen LogP contribution in [0.5, 0.6) is 11.5 Å². The van der Waals surface area contributed by atoms with Crippen molar-refractivity contribution in [1.29, 1.82) is 0 Å². The topological polar surface area (TPSA) is 80.6 Å². The highest BCUT2D eigenvalue weighted by molar-refractivity contribution is 5.93. The van der Waals surface area contributed by atoms with Gasteiger partial charge in [-0.25, -0.2) is 4.79 Å². The molecule has 0 radical (unpaired) electrons. The summed E-state index contributed by atoms with van der Waals surface area (Å²) in [5.74, 6) is -2.04. The molecule has 13 heavy (non-hydrogen) atoms. The van der Waals surface area contributed by atoms with Crippen LogP contribution in [0.15, 0.2) is 6.07 Å². The molecule has 2 N–H and O–H groups in total. The number of hydrogen-bond donors (Lipinski definition) is 2. The molecule has 1 aromatic carbocycles. The minimum Gasteiger partial charge on any atom is -0.872 e. The molecule has 1 rings (SSSR count). The van der Waals surface area contributed by atoms with Crippen molar-refractivity contribution in [1.82, 2.24) is 0 Å². The van der Waals surface area contributed by atoms with Crippen LogP contribution in [0.25, 0.3) is 0 Å². The molecule has 0 bridgehead atoms. The van der Waals surface area contributed by atoms with E-state index < -0.39 is 11.7 Å². The fourth-order valence-corrected chi connectivity index (χ4v) is 1.14. The summed E-state index contributed by atoms with van der Waals surface area (Å²) < 4.78 is 0. The van der Waals surface area contributed by atoms with Crippen LogP contribution in [-0.4, -0.2) is 16.2 Å². The van der Waals surface area contributed by atoms with E-state index in [1.807, 2.05) is 0 Å². The Labute approximate surface area is 75.1 Å². The van der Waals surface area contributed by atoms with Crippen molar-refractivity contribution in [3.8, 4) is 11.5 Å². The van der Waals surface area contributed by atoms with Crippen LogP contribution in [-0.2, 0) is 0 Å². The van der Waals surface area contributed by atoms with Gasteiger partial charge in [-0.2, -0.15) is 0 Å². The van der Waals surface area contributed by atoms with Gasteiger partial charge >= 0.3 is 5.97 Å². The summed E-state index contributed by atoms with van der Waals surface area (Å²) in [6, 6.07) is 0.922. The van der Waals surface area contributed by atoms with Crippen LogP contribution in [0.4, 0.5) is 0 Å². The monoisotopic (exact) mass is 181 g/mol. The Bertz CT molecular complexity index is 368. The summed E-state index contributed by atoms with van der Waals surface area (Å²) in [4.78, 5) is 10.6. The zero-order valence-electron chi connectivity index (χ0n) is 7.29. The molecule has 4 nitrogen and oxygen atoms in total. The van der Waals surface area contributed by atoms with Crippen LogP contribution >= 0.6 is 0 Å². The molecule has 0 unspecified atom stereocenters. The van der Waals surface area contributed by atoms with Crippen LogP contribution in [0.3, 0.4) is 0 Å². The van der Waals surface area contributed by atoms with E-state index in [1.165, 1.54) is 13.8 Å². The van der Waals surface area contributed by atoms with Gasteiger partial charge in [0.2, 0.25) is 0 Å². The summed E-state index contributed by atoms with van der Waals surface area (Å²) in [5, 5.41) is 29.0. The maximum atomic E-state index is 11.1. The van der Waals surface area contributed by atoms with Gasteiger partial charge in [-0.15, -0.1) is 5.75 Å². The van der Waals surface area contributed by atoms with Crippen molar-refractivity contribution < 1.29 is 20.1 Å². The van der Waals surface area contributed by atoms with E-state index in [2.05, 4.69) is 0 Å². The molecule has 0 spiro atoms. The van der Waals surface area contributed by atoms with Crippen molar-refractivity contribution in [2.45, 2.75) is 13.8 Å². The van der Waals surface area contributed by atoms with Gasteiger partial charge in [-0.3, -0.25) is 0 Å². The molecule has 0 aromatic heterocycles. The SMILES string of the molecule is Cc1c([O-])cc(O)c(C(=O)O)c1C. The Morgan fingerprint density at radius 2 is 1.92 bits per heavy atom. The molecule has 4 heteroatoms. The number of carboxylic acids is 1. The molecule has 0 aliphatic carbocycles. The first kappa shape index (κ1) is 9.38. The van der Waals surface area contributed by atoms with Crippen molar-refractivity contribution in [3.63, 3.8) is 0 Å². The summed E-state index contributed by atoms with van der Waals surface area (Å²) >= 11 is 0. The molecule has 0 saturated carbocycles. The minimum atomic E-state index is -1.22. The lowest BCUT2D eigenvalue weighted by molar-refractivity contribution is -0.269. The normalized spacial score (nSPS) is 10.0. The van der Waals surface area contributed by atoms with Crippen molar-refractivity contribution >= 4 is 5.97 Å². The minimum absolute atomic E-state index is 0.197. The number of phenols is 1. The van der Waals surface area contributed by atoms with Crippen LogP contribution in [0.1, 0.15) is 21.5 Å². The van der Waals surface area contributed by atoms with E-state index in [0.29, 0.717) is 11.1 Å². The fourth-order valence-electron chi connectivity index (χ4n) is 1.14. The number of benzene rings is 1. The molecule has 0 atom stereocenters. The summed E-state index contributed by atoms with van der Waals surface area (Å²) in [5.41, 5.74) is 0.477. The first-order chi connectivity index (χ1) is 5.95. The predicted octanol–water partition coefficient (Wildman–Crippen LogP) is 0.781. The molecule has 1 aromatic rings. The Kier molecular flexibility index (Phi) is 2.14. The molecule has 0 fully saturated rings. The number of hydrogen-bond acceptors (Lipinski definition) is 3. The van der Waals surface area contributed by atoms with Gasteiger partial charge in [0.05, 0.1) is 0 Å². The van der Waals surface area contributed by atoms with Crippen LogP contribution in [0.2, 0.25) is 0 Å². The lowest BCUT2D eigenvalue weighted by atomic mass is 10.0. The van der Waals surface area contributed by atoms with E-state index in [4.69, 9.17) is 5.11 Å². The number of rotatable bonds is 1. The average Bonchev–Trinajstić information content (AvgIpc) is 1.99. The summed E-state index contributed by atoms with van der Waals surface area (Å²) in [6.45, 7) is 3.03. The molecule has 0 amide bonds. The molecular weight excluding hydrogens is 172 g/mol. The van der Waals surface area contributed by atoms with Gasteiger partial charge in [-0.1, -0.05) is 5.56 Å². The van der Waals surface area contributed by atoms with Gasteiger partial charge in [0, 0.05) is 0 Å². The smallest absolute Gasteiger partial charge is 0.339 e. The Balaban J connectivity index is 3.53. The molecular formula is C9H9O4-. The fraction of sp³-hybridized carbons (Fsp3) is 0.222. The zero-order chi connectivity index (χ0) is 10.2. The average molecular weight is 181 g/mol. The summed E-state index contributed by atoms with van der Waals surface area (Å²) in [6.07, 6.45) is 0. The zero-order valence-corrected chi connectivity index (χ0v) is 7.29. The number of carboxylic acid groups (broad SMARTS) is 1. The second-order valence-corrected chi connectivity index (χ2v) is 2.82. The quantitative estimate of drug-likeness (QED) is 0.670. The van der Waals surface area contributed by atoms with Crippen molar-refractivity contribution in [3.05, 3.63) is 22.8 Å². The molecule has 0 aliphatic rings. The lowest BCUT2D eigenvalue weighted by Gasteiger charge is -2.15. The number of aromatic hydroxyl groups is 1.